The van der Waals surface area contributed by atoms with Crippen LogP contribution in [0.5, 0.6) is 0 Å². The van der Waals surface area contributed by atoms with Crippen molar-refractivity contribution in [3.05, 3.63) is 24.3 Å². The van der Waals surface area contributed by atoms with Crippen molar-refractivity contribution in [2.24, 2.45) is 0 Å². The van der Waals surface area contributed by atoms with Gasteiger partial charge in [0.05, 0.1) is 0 Å². The van der Waals surface area contributed by atoms with Crippen molar-refractivity contribution in [1.29, 1.82) is 0 Å². The summed E-state index contributed by atoms with van der Waals surface area (Å²) in [6.45, 7) is 0. The van der Waals surface area contributed by atoms with Crippen molar-refractivity contribution in [1.82, 2.24) is 29.2 Å². The lowest BCUT2D eigenvalue weighted by Crippen LogP contribution is -2.22. The first-order valence-electron chi connectivity index (χ1n) is 8.58. The molecular weight excluding hydrogens is 468 g/mol. The molecule has 164 valence electrons. The van der Waals surface area contributed by atoms with Crippen LogP contribution in [0.3, 0.4) is 0 Å². The minimum absolute atomic E-state index is 0.0428. The maximum absolute atomic E-state index is 12.6. The van der Waals surface area contributed by atoms with E-state index in [1.165, 1.54) is 52.1 Å². The largest absolute Gasteiger partial charge is 0.244 e. The van der Waals surface area contributed by atoms with Gasteiger partial charge in [0, 0.05) is 38.0 Å². The Morgan fingerprint density at radius 1 is 0.645 bits per heavy atom. The van der Waals surface area contributed by atoms with E-state index in [-0.39, 0.29) is 31.9 Å². The van der Waals surface area contributed by atoms with Gasteiger partial charge in [0.25, 0.3) is 0 Å². The van der Waals surface area contributed by atoms with Gasteiger partial charge in [-0.05, 0) is 44.9 Å². The molecule has 0 saturated heterocycles. The molecule has 2 aromatic carbocycles. The summed E-state index contributed by atoms with van der Waals surface area (Å²) < 4.78 is 62.0. The molecule has 15 heteroatoms. The van der Waals surface area contributed by atoms with Gasteiger partial charge in [-0.3, -0.25) is 0 Å². The van der Waals surface area contributed by atoms with E-state index in [0.717, 1.165) is 8.61 Å². The topological polar surface area (TPSA) is 153 Å². The molecule has 2 heterocycles. The van der Waals surface area contributed by atoms with Crippen molar-refractivity contribution in [3.63, 3.8) is 0 Å². The van der Waals surface area contributed by atoms with E-state index >= 15 is 0 Å². The van der Waals surface area contributed by atoms with Crippen molar-refractivity contribution in [3.8, 4) is 0 Å². The highest BCUT2D eigenvalue weighted by molar-refractivity contribution is 7.99. The zero-order valence-electron chi connectivity index (χ0n) is 16.7. The zero-order valence-corrected chi connectivity index (χ0v) is 19.1. The summed E-state index contributed by atoms with van der Waals surface area (Å²) in [5.41, 5.74) is 0.644. The van der Waals surface area contributed by atoms with Crippen LogP contribution in [0.15, 0.2) is 53.1 Å². The highest BCUT2D eigenvalue weighted by atomic mass is 32.2. The predicted octanol–water partition coefficient (Wildman–Crippen LogP) is 1.41. The molecule has 31 heavy (non-hydrogen) atoms. The van der Waals surface area contributed by atoms with Crippen LogP contribution in [0.2, 0.25) is 0 Å². The fraction of sp³-hybridized carbons (Fsp3) is 0.250. The summed E-state index contributed by atoms with van der Waals surface area (Å²) >= 11 is 1.17. The summed E-state index contributed by atoms with van der Waals surface area (Å²) in [6.07, 6.45) is 0. The van der Waals surface area contributed by atoms with E-state index in [4.69, 9.17) is 9.26 Å². The number of rotatable bonds is 6. The van der Waals surface area contributed by atoms with Gasteiger partial charge in [-0.1, -0.05) is 11.8 Å². The van der Waals surface area contributed by atoms with Gasteiger partial charge in [-0.15, -0.1) is 0 Å². The lowest BCUT2D eigenvalue weighted by Gasteiger charge is -2.13. The Kier molecular flexibility index (Phi) is 5.25. The van der Waals surface area contributed by atoms with Crippen LogP contribution in [0.4, 0.5) is 0 Å². The molecule has 0 aliphatic carbocycles. The number of sulfonamides is 2. The Bertz CT molecular complexity index is 1390. The third-order valence-corrected chi connectivity index (χ3v) is 9.21. The monoisotopic (exact) mass is 484 g/mol. The van der Waals surface area contributed by atoms with E-state index in [0.29, 0.717) is 9.79 Å². The average molecular weight is 485 g/mol. The summed E-state index contributed by atoms with van der Waals surface area (Å²) in [4.78, 5) is 0.973. The Morgan fingerprint density at radius 3 is 1.35 bits per heavy atom. The van der Waals surface area contributed by atoms with Gasteiger partial charge in [-0.25, -0.2) is 34.7 Å². The van der Waals surface area contributed by atoms with Gasteiger partial charge >= 0.3 is 0 Å². The number of aromatic nitrogens is 4. The van der Waals surface area contributed by atoms with E-state index in [2.05, 4.69) is 20.6 Å². The van der Waals surface area contributed by atoms with Gasteiger partial charge in [0.1, 0.15) is 9.79 Å². The summed E-state index contributed by atoms with van der Waals surface area (Å²) in [7, 11) is -1.89. The quantitative estimate of drug-likeness (QED) is 0.390. The van der Waals surface area contributed by atoms with Crippen LogP contribution < -0.4 is 0 Å². The summed E-state index contributed by atoms with van der Waals surface area (Å²) in [6, 6.07) is 5.95. The SMILES string of the molecule is CN(C)S(=O)(=O)c1ccc(Sc2ccc(S(=O)(=O)N(C)C)c3nonc23)c2nonc12. The molecule has 0 fully saturated rings. The highest BCUT2D eigenvalue weighted by Crippen LogP contribution is 2.39. The lowest BCUT2D eigenvalue weighted by atomic mass is 10.3. The molecule has 12 nitrogen and oxygen atoms in total. The number of nitrogens with zero attached hydrogens (tertiary/aromatic N) is 6. The highest BCUT2D eigenvalue weighted by Gasteiger charge is 2.27. The van der Waals surface area contributed by atoms with Crippen LogP contribution in [-0.4, -0.2) is 74.3 Å². The molecule has 0 aliphatic rings. The molecule has 4 rings (SSSR count). The van der Waals surface area contributed by atoms with E-state index in [1.807, 2.05) is 0 Å². The Balaban J connectivity index is 1.83. The van der Waals surface area contributed by atoms with Crippen LogP contribution in [0.25, 0.3) is 22.1 Å². The maximum atomic E-state index is 12.6. The zero-order chi connectivity index (χ0) is 22.6. The third kappa shape index (κ3) is 3.47. The summed E-state index contributed by atoms with van der Waals surface area (Å²) in [5.74, 6) is 0. The Hall–Kier alpha value is -2.59. The van der Waals surface area contributed by atoms with Gasteiger partial charge < -0.3 is 0 Å². The predicted molar refractivity (Wildman–Crippen MR) is 109 cm³/mol. The summed E-state index contributed by atoms with van der Waals surface area (Å²) in [5, 5.41) is 15.2. The van der Waals surface area contributed by atoms with E-state index in [1.54, 1.807) is 12.1 Å². The van der Waals surface area contributed by atoms with Crippen LogP contribution in [-0.2, 0) is 20.0 Å². The molecule has 0 atom stereocenters. The third-order valence-electron chi connectivity index (χ3n) is 4.42. The molecule has 0 unspecified atom stereocenters. The minimum atomic E-state index is -3.77. The molecule has 0 saturated carbocycles. The molecule has 4 aromatic rings. The molecule has 0 amide bonds. The molecule has 0 spiro atoms. The first-order valence-corrected chi connectivity index (χ1v) is 12.3. The van der Waals surface area contributed by atoms with E-state index < -0.39 is 20.0 Å². The van der Waals surface area contributed by atoms with Crippen molar-refractivity contribution in [2.45, 2.75) is 19.6 Å². The number of hydrogen-bond acceptors (Lipinski definition) is 11. The Morgan fingerprint density at radius 2 is 1.00 bits per heavy atom. The van der Waals surface area contributed by atoms with Crippen LogP contribution in [0, 0.1) is 0 Å². The van der Waals surface area contributed by atoms with Crippen molar-refractivity contribution in [2.75, 3.05) is 28.2 Å². The van der Waals surface area contributed by atoms with Gasteiger partial charge in [-0.2, -0.15) is 0 Å². The van der Waals surface area contributed by atoms with Crippen molar-refractivity contribution < 1.29 is 26.1 Å². The first-order chi connectivity index (χ1) is 14.5. The first kappa shape index (κ1) is 21.6. The fourth-order valence-corrected chi connectivity index (χ4v) is 5.73. The lowest BCUT2D eigenvalue weighted by molar-refractivity contribution is 0.314. The second-order valence-electron chi connectivity index (χ2n) is 6.72. The molecule has 0 N–H and O–H groups in total. The fourth-order valence-electron chi connectivity index (χ4n) is 2.74. The molecule has 0 radical (unpaired) electrons. The normalized spacial score (nSPS) is 13.1. The number of benzene rings is 2. The maximum Gasteiger partial charge on any atom is 0.244 e. The standard InChI is InChI=1S/C16H16N6O6S3/c1-21(2)30(23,24)11-7-5-9(13-15(11)19-27-17-13)29-10-6-8-12(31(25,26)22(3)4)16-14(10)18-28-20-16/h5-8H,1-4H3. The number of fused-ring (bicyclic) bond motifs is 2. The van der Waals surface area contributed by atoms with Crippen LogP contribution >= 0.6 is 11.8 Å². The van der Waals surface area contributed by atoms with Crippen LogP contribution in [0.1, 0.15) is 0 Å². The smallest absolute Gasteiger partial charge is 0.243 e. The molecule has 0 bridgehead atoms. The Labute approximate surface area is 181 Å². The second kappa shape index (κ2) is 7.52. The van der Waals surface area contributed by atoms with Gasteiger partial charge in [0.15, 0.2) is 22.1 Å². The number of hydrogen-bond donors (Lipinski definition) is 0. The van der Waals surface area contributed by atoms with E-state index in [9.17, 15) is 16.8 Å². The second-order valence-corrected chi connectivity index (χ2v) is 12.0. The molecular formula is C16H16N6O6S3. The van der Waals surface area contributed by atoms with Gasteiger partial charge in [0.2, 0.25) is 20.0 Å². The minimum Gasteiger partial charge on any atom is -0.243 e. The average Bonchev–Trinajstić information content (AvgIpc) is 3.37. The van der Waals surface area contributed by atoms with Crippen molar-refractivity contribution >= 4 is 53.9 Å². The molecule has 0 aliphatic heterocycles. The molecule has 2 aromatic heterocycles.